The number of rotatable bonds is 3. The molecule has 0 amide bonds. The lowest BCUT2D eigenvalue weighted by Gasteiger charge is -2.04. The van der Waals surface area contributed by atoms with Gasteiger partial charge >= 0.3 is 0 Å². The topological polar surface area (TPSA) is 30.0 Å². The van der Waals surface area contributed by atoms with Crippen molar-refractivity contribution >= 4 is 44.3 Å². The molecule has 1 aromatic heterocycles. The fourth-order valence-corrected chi connectivity index (χ4v) is 2.43. The quantitative estimate of drug-likeness (QED) is 0.577. The predicted octanol–water partition coefficient (Wildman–Crippen LogP) is 3.87. The first-order valence-corrected chi connectivity index (χ1v) is 6.92. The Morgan fingerprint density at radius 1 is 1.29 bits per heavy atom. The molecule has 0 saturated carbocycles. The summed E-state index contributed by atoms with van der Waals surface area (Å²) in [5.74, 6) is 0.0779. The van der Waals surface area contributed by atoms with Crippen molar-refractivity contribution in [2.75, 3.05) is 0 Å². The molecule has 0 aliphatic heterocycles. The second-order valence-corrected chi connectivity index (χ2v) is 5.65. The molecule has 0 aliphatic carbocycles. The Hall–Kier alpha value is -0.750. The number of hydrogen-bond acceptors (Lipinski definition) is 2. The first-order chi connectivity index (χ1) is 8.16. The normalized spacial score (nSPS) is 10.2. The highest BCUT2D eigenvalue weighted by molar-refractivity contribution is 14.1. The minimum atomic E-state index is 0.0779. The standard InChI is InChI=1S/C13H9BrINO/c14-12-5-4-9(15)7-11(12)13(17)8-10-3-1-2-6-16-10/h1-7H,8H2. The summed E-state index contributed by atoms with van der Waals surface area (Å²) in [5, 5.41) is 0. The van der Waals surface area contributed by atoms with Gasteiger partial charge in [0, 0.05) is 25.5 Å². The van der Waals surface area contributed by atoms with Gasteiger partial charge in [-0.2, -0.15) is 0 Å². The second-order valence-electron chi connectivity index (χ2n) is 3.55. The van der Waals surface area contributed by atoms with E-state index in [2.05, 4.69) is 43.5 Å². The van der Waals surface area contributed by atoms with Gasteiger partial charge in [-0.1, -0.05) is 22.0 Å². The summed E-state index contributed by atoms with van der Waals surface area (Å²) in [7, 11) is 0. The van der Waals surface area contributed by atoms with Crippen molar-refractivity contribution in [2.45, 2.75) is 6.42 Å². The Labute approximate surface area is 122 Å². The zero-order valence-electron chi connectivity index (χ0n) is 8.86. The van der Waals surface area contributed by atoms with E-state index in [9.17, 15) is 4.79 Å². The van der Waals surface area contributed by atoms with Gasteiger partial charge in [-0.15, -0.1) is 0 Å². The molecule has 0 radical (unpaired) electrons. The maximum absolute atomic E-state index is 12.1. The van der Waals surface area contributed by atoms with Gasteiger partial charge in [0.1, 0.15) is 0 Å². The van der Waals surface area contributed by atoms with Gasteiger partial charge in [-0.05, 0) is 52.9 Å². The maximum atomic E-state index is 12.1. The number of ketones is 1. The van der Waals surface area contributed by atoms with Crippen molar-refractivity contribution in [3.63, 3.8) is 0 Å². The zero-order chi connectivity index (χ0) is 12.3. The van der Waals surface area contributed by atoms with Crippen molar-refractivity contribution in [2.24, 2.45) is 0 Å². The SMILES string of the molecule is O=C(Cc1ccccn1)c1cc(I)ccc1Br. The molecule has 1 aromatic carbocycles. The first-order valence-electron chi connectivity index (χ1n) is 5.05. The van der Waals surface area contributed by atoms with Crippen LogP contribution in [0.5, 0.6) is 0 Å². The Bertz CT molecular complexity index is 542. The smallest absolute Gasteiger partial charge is 0.169 e. The van der Waals surface area contributed by atoms with E-state index < -0.39 is 0 Å². The summed E-state index contributed by atoms with van der Waals surface area (Å²) in [5.41, 5.74) is 1.51. The van der Waals surface area contributed by atoms with Crippen LogP contribution >= 0.6 is 38.5 Å². The molecule has 0 N–H and O–H groups in total. The molecule has 0 atom stereocenters. The van der Waals surface area contributed by atoms with Crippen LogP contribution in [0.4, 0.5) is 0 Å². The summed E-state index contributed by atoms with van der Waals surface area (Å²) in [6.07, 6.45) is 2.03. The molecule has 0 fully saturated rings. The molecule has 0 unspecified atom stereocenters. The third-order valence-corrected chi connectivity index (χ3v) is 3.66. The van der Waals surface area contributed by atoms with E-state index in [1.165, 1.54) is 0 Å². The molecule has 2 nitrogen and oxygen atoms in total. The summed E-state index contributed by atoms with van der Waals surface area (Å²) in [6.45, 7) is 0. The Morgan fingerprint density at radius 3 is 2.82 bits per heavy atom. The summed E-state index contributed by atoms with van der Waals surface area (Å²) in [6, 6.07) is 11.3. The molecule has 2 aromatic rings. The van der Waals surface area contributed by atoms with Crippen LogP contribution in [0.3, 0.4) is 0 Å². The summed E-state index contributed by atoms with van der Waals surface area (Å²) < 4.78 is 1.88. The van der Waals surface area contributed by atoms with Crippen molar-refractivity contribution in [1.29, 1.82) is 0 Å². The van der Waals surface area contributed by atoms with Gasteiger partial charge in [0.25, 0.3) is 0 Å². The minimum absolute atomic E-state index is 0.0779. The number of carbonyl (C=O) groups excluding carboxylic acids is 1. The van der Waals surface area contributed by atoms with Crippen molar-refractivity contribution in [3.05, 3.63) is 61.9 Å². The number of nitrogens with zero attached hydrogens (tertiary/aromatic N) is 1. The highest BCUT2D eigenvalue weighted by Gasteiger charge is 2.11. The van der Waals surface area contributed by atoms with Crippen LogP contribution in [0, 0.1) is 3.57 Å². The lowest BCUT2D eigenvalue weighted by molar-refractivity contribution is 0.0991. The van der Waals surface area contributed by atoms with E-state index in [0.717, 1.165) is 13.7 Å². The van der Waals surface area contributed by atoms with Gasteiger partial charge in [0.15, 0.2) is 5.78 Å². The predicted molar refractivity (Wildman–Crippen MR) is 79.1 cm³/mol. The molecule has 86 valence electrons. The Morgan fingerprint density at radius 2 is 2.12 bits per heavy atom. The number of Topliss-reactive ketones (excluding diaryl/α,β-unsaturated/α-hetero) is 1. The maximum Gasteiger partial charge on any atom is 0.169 e. The molecule has 17 heavy (non-hydrogen) atoms. The van der Waals surface area contributed by atoms with E-state index in [0.29, 0.717) is 12.0 Å². The van der Waals surface area contributed by atoms with Gasteiger partial charge in [-0.3, -0.25) is 9.78 Å². The fourth-order valence-electron chi connectivity index (χ4n) is 1.47. The molecular weight excluding hydrogens is 393 g/mol. The van der Waals surface area contributed by atoms with Crippen molar-refractivity contribution < 1.29 is 4.79 Å². The van der Waals surface area contributed by atoms with Crippen molar-refractivity contribution in [1.82, 2.24) is 4.98 Å². The van der Waals surface area contributed by atoms with Gasteiger partial charge in [0.05, 0.1) is 6.42 Å². The minimum Gasteiger partial charge on any atom is -0.294 e. The molecule has 2 rings (SSSR count). The zero-order valence-corrected chi connectivity index (χ0v) is 12.6. The molecular formula is C13H9BrINO. The Balaban J connectivity index is 2.23. The van der Waals surface area contributed by atoms with Gasteiger partial charge in [-0.25, -0.2) is 0 Å². The van der Waals surface area contributed by atoms with Crippen LogP contribution in [-0.2, 0) is 6.42 Å². The summed E-state index contributed by atoms with van der Waals surface area (Å²) in [4.78, 5) is 16.3. The van der Waals surface area contributed by atoms with Gasteiger partial charge < -0.3 is 0 Å². The molecule has 4 heteroatoms. The van der Waals surface area contributed by atoms with Gasteiger partial charge in [0.2, 0.25) is 0 Å². The highest BCUT2D eigenvalue weighted by Crippen LogP contribution is 2.21. The van der Waals surface area contributed by atoms with Crippen LogP contribution in [-0.4, -0.2) is 10.8 Å². The van der Waals surface area contributed by atoms with Crippen LogP contribution in [0.1, 0.15) is 16.1 Å². The number of aromatic nitrogens is 1. The van der Waals surface area contributed by atoms with Crippen LogP contribution in [0.25, 0.3) is 0 Å². The molecule has 0 bridgehead atoms. The fraction of sp³-hybridized carbons (Fsp3) is 0.0769. The highest BCUT2D eigenvalue weighted by atomic mass is 127. The van der Waals surface area contributed by atoms with E-state index in [-0.39, 0.29) is 5.78 Å². The van der Waals surface area contributed by atoms with E-state index in [4.69, 9.17) is 0 Å². The van der Waals surface area contributed by atoms with E-state index in [1.54, 1.807) is 6.20 Å². The average molecular weight is 402 g/mol. The molecule has 0 aliphatic rings. The largest absolute Gasteiger partial charge is 0.294 e. The second kappa shape index (κ2) is 5.73. The van der Waals surface area contributed by atoms with Crippen molar-refractivity contribution in [3.8, 4) is 0 Å². The molecule has 1 heterocycles. The molecule has 0 saturated heterocycles. The molecule has 0 spiro atoms. The van der Waals surface area contributed by atoms with E-state index >= 15 is 0 Å². The number of carbonyl (C=O) groups is 1. The Kier molecular flexibility index (Phi) is 4.28. The first kappa shape index (κ1) is 12.7. The number of pyridine rings is 1. The van der Waals surface area contributed by atoms with E-state index in [1.807, 2.05) is 36.4 Å². The third kappa shape index (κ3) is 3.35. The summed E-state index contributed by atoms with van der Waals surface area (Å²) >= 11 is 5.60. The monoisotopic (exact) mass is 401 g/mol. The average Bonchev–Trinajstić information content (AvgIpc) is 2.33. The van der Waals surface area contributed by atoms with Crippen LogP contribution in [0.15, 0.2) is 47.1 Å². The van der Waals surface area contributed by atoms with Crippen LogP contribution < -0.4 is 0 Å². The number of hydrogen-bond donors (Lipinski definition) is 0. The number of halogens is 2. The lowest BCUT2D eigenvalue weighted by atomic mass is 10.1. The lowest BCUT2D eigenvalue weighted by Crippen LogP contribution is -2.06. The number of benzene rings is 1. The van der Waals surface area contributed by atoms with Crippen LogP contribution in [0.2, 0.25) is 0 Å². The third-order valence-electron chi connectivity index (χ3n) is 2.30.